The number of ether oxygens (including phenoxy) is 1. The highest BCUT2D eigenvalue weighted by Crippen LogP contribution is 2.34. The molecule has 0 saturated heterocycles. The normalized spacial score (nSPS) is 15.6. The first kappa shape index (κ1) is 18.0. The van der Waals surface area contributed by atoms with E-state index in [1.54, 1.807) is 7.11 Å². The van der Waals surface area contributed by atoms with Crippen LogP contribution in [-0.2, 0) is 0 Å². The topological polar surface area (TPSA) is 55.5 Å². The molecule has 1 aromatic rings. The predicted octanol–water partition coefficient (Wildman–Crippen LogP) is 3.60. The maximum Gasteiger partial charge on any atom is 0.122 e. The van der Waals surface area contributed by atoms with Crippen LogP contribution in [0, 0.1) is 20.8 Å². The molecule has 1 rings (SSSR count). The van der Waals surface area contributed by atoms with E-state index in [2.05, 4.69) is 40.7 Å². The van der Waals surface area contributed by atoms with Crippen LogP contribution in [0.15, 0.2) is 6.07 Å². The summed E-state index contributed by atoms with van der Waals surface area (Å²) in [5.41, 5.74) is 11.0. The molecule has 3 nitrogen and oxygen atoms in total. The van der Waals surface area contributed by atoms with Crippen LogP contribution in [0.25, 0.3) is 0 Å². The van der Waals surface area contributed by atoms with Gasteiger partial charge in [-0.25, -0.2) is 0 Å². The van der Waals surface area contributed by atoms with Gasteiger partial charge in [0, 0.05) is 6.04 Å². The highest BCUT2D eigenvalue weighted by Gasteiger charge is 2.21. The van der Waals surface area contributed by atoms with Crippen LogP contribution in [0.1, 0.15) is 61.3 Å². The number of rotatable bonds is 7. The van der Waals surface area contributed by atoms with Crippen LogP contribution in [0.2, 0.25) is 0 Å². The van der Waals surface area contributed by atoms with Crippen LogP contribution in [0.5, 0.6) is 5.75 Å². The van der Waals surface area contributed by atoms with E-state index in [0.29, 0.717) is 6.42 Å². The van der Waals surface area contributed by atoms with Crippen LogP contribution >= 0.6 is 0 Å². The minimum atomic E-state index is -0.443. The molecule has 120 valence electrons. The molecule has 3 N–H and O–H groups in total. The minimum Gasteiger partial charge on any atom is -0.496 e. The average molecular weight is 293 g/mol. The second-order valence-corrected chi connectivity index (χ2v) is 6.22. The van der Waals surface area contributed by atoms with Crippen molar-refractivity contribution in [1.82, 2.24) is 0 Å². The quantitative estimate of drug-likeness (QED) is 0.807. The zero-order valence-electron chi connectivity index (χ0n) is 14.4. The van der Waals surface area contributed by atoms with Gasteiger partial charge in [-0.15, -0.1) is 0 Å². The molecule has 3 atom stereocenters. The zero-order chi connectivity index (χ0) is 16.2. The van der Waals surface area contributed by atoms with E-state index >= 15 is 0 Å². The number of aliphatic hydroxyl groups is 1. The third kappa shape index (κ3) is 4.21. The molecule has 0 amide bonds. The maximum absolute atomic E-state index is 10.3. The Kier molecular flexibility index (Phi) is 6.69. The molecule has 0 aliphatic heterocycles. The lowest BCUT2D eigenvalue weighted by molar-refractivity contribution is 0.124. The van der Waals surface area contributed by atoms with Crippen molar-refractivity contribution in [3.8, 4) is 5.75 Å². The second-order valence-electron chi connectivity index (χ2n) is 6.22. The first-order valence-electron chi connectivity index (χ1n) is 7.91. The van der Waals surface area contributed by atoms with E-state index < -0.39 is 6.10 Å². The maximum atomic E-state index is 10.3. The fourth-order valence-electron chi connectivity index (χ4n) is 3.22. The van der Waals surface area contributed by atoms with E-state index in [1.807, 2.05) is 0 Å². The molecule has 0 saturated carbocycles. The molecule has 1 aromatic carbocycles. The first-order chi connectivity index (χ1) is 9.83. The van der Waals surface area contributed by atoms with Gasteiger partial charge in [0.1, 0.15) is 5.75 Å². The summed E-state index contributed by atoms with van der Waals surface area (Å²) < 4.78 is 5.42. The van der Waals surface area contributed by atoms with E-state index in [9.17, 15) is 5.11 Å². The SMILES string of the molecule is CCCC(N)C(O)CC(C)c1c(C)cc(OC)c(C)c1C. The first-order valence-corrected chi connectivity index (χ1v) is 7.91. The fourth-order valence-corrected chi connectivity index (χ4v) is 3.22. The number of nitrogens with two attached hydrogens (primary N) is 1. The number of methoxy groups -OCH3 is 1. The summed E-state index contributed by atoms with van der Waals surface area (Å²) in [6.45, 7) is 10.6. The highest BCUT2D eigenvalue weighted by molar-refractivity contribution is 5.49. The van der Waals surface area contributed by atoms with E-state index in [4.69, 9.17) is 10.5 Å². The molecule has 0 spiro atoms. The van der Waals surface area contributed by atoms with Gasteiger partial charge in [-0.05, 0) is 67.9 Å². The molecule has 21 heavy (non-hydrogen) atoms. The van der Waals surface area contributed by atoms with Gasteiger partial charge in [0.2, 0.25) is 0 Å². The van der Waals surface area contributed by atoms with Crippen LogP contribution in [0.4, 0.5) is 0 Å². The fraction of sp³-hybridized carbons (Fsp3) is 0.667. The number of hydrogen-bond acceptors (Lipinski definition) is 3. The Hall–Kier alpha value is -1.06. The van der Waals surface area contributed by atoms with Crippen LogP contribution < -0.4 is 10.5 Å². The molecule has 0 aliphatic rings. The van der Waals surface area contributed by atoms with Crippen molar-refractivity contribution < 1.29 is 9.84 Å². The Morgan fingerprint density at radius 3 is 2.38 bits per heavy atom. The van der Waals surface area contributed by atoms with Gasteiger partial charge in [-0.1, -0.05) is 20.3 Å². The zero-order valence-corrected chi connectivity index (χ0v) is 14.4. The van der Waals surface area contributed by atoms with Crippen molar-refractivity contribution in [3.05, 3.63) is 28.3 Å². The molecule has 0 aliphatic carbocycles. The summed E-state index contributed by atoms with van der Waals surface area (Å²) in [6, 6.07) is 1.96. The molecule has 3 unspecified atom stereocenters. The van der Waals surface area contributed by atoms with Crippen molar-refractivity contribution in [3.63, 3.8) is 0 Å². The van der Waals surface area contributed by atoms with Crippen molar-refractivity contribution >= 4 is 0 Å². The number of aliphatic hydroxyl groups excluding tert-OH is 1. The van der Waals surface area contributed by atoms with Gasteiger partial charge in [0.25, 0.3) is 0 Å². The molecular weight excluding hydrogens is 262 g/mol. The van der Waals surface area contributed by atoms with Crippen molar-refractivity contribution in [2.24, 2.45) is 5.73 Å². The molecule has 3 heteroatoms. The average Bonchev–Trinajstić information content (AvgIpc) is 2.43. The van der Waals surface area contributed by atoms with Gasteiger partial charge >= 0.3 is 0 Å². The molecule has 0 radical (unpaired) electrons. The van der Waals surface area contributed by atoms with Gasteiger partial charge < -0.3 is 15.6 Å². The number of hydrogen-bond donors (Lipinski definition) is 2. The lowest BCUT2D eigenvalue weighted by atomic mass is 9.84. The standard InChI is InChI=1S/C18H31NO2/c1-7-8-15(19)16(20)9-11(2)18-12(3)10-17(21-6)13(4)14(18)5/h10-11,15-16,20H,7-9,19H2,1-6H3. The highest BCUT2D eigenvalue weighted by atomic mass is 16.5. The third-order valence-corrected chi connectivity index (χ3v) is 4.53. The molecule has 0 bridgehead atoms. The van der Waals surface area contributed by atoms with Crippen LogP contribution in [0.3, 0.4) is 0 Å². The molecule has 0 fully saturated rings. The van der Waals surface area contributed by atoms with Crippen molar-refractivity contribution in [2.45, 2.75) is 71.9 Å². The van der Waals surface area contributed by atoms with E-state index in [1.165, 1.54) is 22.3 Å². The second kappa shape index (κ2) is 7.81. The number of benzene rings is 1. The van der Waals surface area contributed by atoms with Gasteiger partial charge in [-0.2, -0.15) is 0 Å². The Balaban J connectivity index is 2.97. The molecule has 0 aromatic heterocycles. The summed E-state index contributed by atoms with van der Waals surface area (Å²) in [5, 5.41) is 10.3. The summed E-state index contributed by atoms with van der Waals surface area (Å²) in [6.07, 6.45) is 2.13. The van der Waals surface area contributed by atoms with Gasteiger partial charge in [0.15, 0.2) is 0 Å². The Morgan fingerprint density at radius 2 is 1.86 bits per heavy atom. The van der Waals surface area contributed by atoms with Gasteiger partial charge in [-0.3, -0.25) is 0 Å². The predicted molar refractivity (Wildman–Crippen MR) is 89.1 cm³/mol. The Morgan fingerprint density at radius 1 is 1.24 bits per heavy atom. The smallest absolute Gasteiger partial charge is 0.122 e. The monoisotopic (exact) mass is 293 g/mol. The van der Waals surface area contributed by atoms with Crippen molar-refractivity contribution in [2.75, 3.05) is 7.11 Å². The lowest BCUT2D eigenvalue weighted by Gasteiger charge is -2.25. The lowest BCUT2D eigenvalue weighted by Crippen LogP contribution is -2.35. The Labute approximate surface area is 129 Å². The summed E-state index contributed by atoms with van der Waals surface area (Å²) in [7, 11) is 1.71. The van der Waals surface area contributed by atoms with E-state index in [-0.39, 0.29) is 12.0 Å². The summed E-state index contributed by atoms with van der Waals surface area (Å²) in [4.78, 5) is 0. The van der Waals surface area contributed by atoms with Crippen molar-refractivity contribution in [1.29, 1.82) is 0 Å². The largest absolute Gasteiger partial charge is 0.496 e. The summed E-state index contributed by atoms with van der Waals surface area (Å²) >= 11 is 0. The Bertz CT molecular complexity index is 471. The third-order valence-electron chi connectivity index (χ3n) is 4.53. The minimum absolute atomic E-state index is 0.127. The molecular formula is C18H31NO2. The molecule has 0 heterocycles. The van der Waals surface area contributed by atoms with E-state index in [0.717, 1.165) is 18.6 Å². The van der Waals surface area contributed by atoms with Crippen LogP contribution in [-0.4, -0.2) is 24.4 Å². The number of aryl methyl sites for hydroxylation is 1. The summed E-state index contributed by atoms with van der Waals surface area (Å²) in [5.74, 6) is 1.22. The van der Waals surface area contributed by atoms with Gasteiger partial charge in [0.05, 0.1) is 13.2 Å².